The summed E-state index contributed by atoms with van der Waals surface area (Å²) >= 11 is 0. The summed E-state index contributed by atoms with van der Waals surface area (Å²) in [6.07, 6.45) is 7.00. The minimum absolute atomic E-state index is 0.781. The highest BCUT2D eigenvalue weighted by atomic mass is 16.5. The van der Waals surface area contributed by atoms with Crippen LogP contribution in [-0.2, 0) is 4.74 Å². The van der Waals surface area contributed by atoms with Crippen LogP contribution in [0.1, 0.15) is 39.5 Å². The molecule has 1 N–H and O–H groups in total. The van der Waals surface area contributed by atoms with Crippen LogP contribution in [0.15, 0.2) is 16.6 Å². The summed E-state index contributed by atoms with van der Waals surface area (Å²) in [7, 11) is 0. The van der Waals surface area contributed by atoms with Crippen molar-refractivity contribution in [2.24, 2.45) is 10.9 Å². The highest BCUT2D eigenvalue weighted by molar-refractivity contribution is 5.80. The summed E-state index contributed by atoms with van der Waals surface area (Å²) in [5, 5.41) is 3.44. The third-order valence-corrected chi connectivity index (χ3v) is 4.04. The minimum atomic E-state index is 0.781. The lowest BCUT2D eigenvalue weighted by atomic mass is 10.0. The van der Waals surface area contributed by atoms with Crippen LogP contribution in [-0.4, -0.2) is 50.3 Å². The molecular formula is C16H29N3O. The molecule has 2 aliphatic heterocycles. The molecule has 2 rings (SSSR count). The van der Waals surface area contributed by atoms with E-state index in [2.05, 4.69) is 30.1 Å². The van der Waals surface area contributed by atoms with Crippen molar-refractivity contribution >= 4 is 5.96 Å². The second kappa shape index (κ2) is 8.30. The summed E-state index contributed by atoms with van der Waals surface area (Å²) in [5.74, 6) is 1.89. The van der Waals surface area contributed by atoms with E-state index in [9.17, 15) is 0 Å². The largest absolute Gasteiger partial charge is 0.377 e. The summed E-state index contributed by atoms with van der Waals surface area (Å²) in [4.78, 5) is 7.24. The van der Waals surface area contributed by atoms with Crippen molar-refractivity contribution in [2.45, 2.75) is 39.5 Å². The average Bonchev–Trinajstić information content (AvgIpc) is 2.47. The Morgan fingerprint density at radius 1 is 1.55 bits per heavy atom. The fourth-order valence-corrected chi connectivity index (χ4v) is 2.91. The first-order valence-electron chi connectivity index (χ1n) is 8.08. The van der Waals surface area contributed by atoms with Gasteiger partial charge in [0, 0.05) is 26.2 Å². The van der Waals surface area contributed by atoms with Crippen LogP contribution < -0.4 is 5.32 Å². The van der Waals surface area contributed by atoms with Gasteiger partial charge < -0.3 is 15.0 Å². The van der Waals surface area contributed by atoms with E-state index in [4.69, 9.17) is 9.73 Å². The Kier molecular flexibility index (Phi) is 6.37. The van der Waals surface area contributed by atoms with Gasteiger partial charge in [-0.1, -0.05) is 18.6 Å². The average molecular weight is 279 g/mol. The van der Waals surface area contributed by atoms with Gasteiger partial charge in [0.1, 0.15) is 0 Å². The van der Waals surface area contributed by atoms with Crippen molar-refractivity contribution in [3.05, 3.63) is 11.6 Å². The smallest absolute Gasteiger partial charge is 0.193 e. The summed E-state index contributed by atoms with van der Waals surface area (Å²) in [5.41, 5.74) is 1.50. The molecule has 2 heterocycles. The SMILES string of the molecule is CCNC(=NCCC1=CCOCC1)N1CCCC(C)C1. The van der Waals surface area contributed by atoms with Gasteiger partial charge in [0.2, 0.25) is 0 Å². The fraction of sp³-hybridized carbons (Fsp3) is 0.812. The lowest BCUT2D eigenvalue weighted by Gasteiger charge is -2.33. The third-order valence-electron chi connectivity index (χ3n) is 4.04. The molecule has 4 heteroatoms. The van der Waals surface area contributed by atoms with Crippen molar-refractivity contribution in [1.29, 1.82) is 0 Å². The summed E-state index contributed by atoms with van der Waals surface area (Å²) in [6, 6.07) is 0. The zero-order valence-corrected chi connectivity index (χ0v) is 13.0. The molecule has 20 heavy (non-hydrogen) atoms. The van der Waals surface area contributed by atoms with Crippen molar-refractivity contribution < 1.29 is 4.74 Å². The monoisotopic (exact) mass is 279 g/mol. The molecule has 0 saturated carbocycles. The number of piperidine rings is 1. The van der Waals surface area contributed by atoms with Gasteiger partial charge in [-0.05, 0) is 38.5 Å². The fourth-order valence-electron chi connectivity index (χ4n) is 2.91. The second-order valence-corrected chi connectivity index (χ2v) is 5.87. The Morgan fingerprint density at radius 3 is 3.15 bits per heavy atom. The highest BCUT2D eigenvalue weighted by Crippen LogP contribution is 2.16. The Bertz CT molecular complexity index is 352. The number of rotatable bonds is 4. The molecule has 114 valence electrons. The number of hydrogen-bond acceptors (Lipinski definition) is 2. The molecule has 0 radical (unpaired) electrons. The van der Waals surface area contributed by atoms with Crippen LogP contribution in [0, 0.1) is 5.92 Å². The van der Waals surface area contributed by atoms with Crippen LogP contribution >= 0.6 is 0 Å². The second-order valence-electron chi connectivity index (χ2n) is 5.87. The van der Waals surface area contributed by atoms with Gasteiger partial charge in [0.15, 0.2) is 5.96 Å². The van der Waals surface area contributed by atoms with Crippen LogP contribution in [0.3, 0.4) is 0 Å². The van der Waals surface area contributed by atoms with Crippen molar-refractivity contribution in [3.8, 4) is 0 Å². The maximum atomic E-state index is 5.34. The molecule has 4 nitrogen and oxygen atoms in total. The zero-order chi connectivity index (χ0) is 14.2. The van der Waals surface area contributed by atoms with E-state index < -0.39 is 0 Å². The van der Waals surface area contributed by atoms with E-state index >= 15 is 0 Å². The van der Waals surface area contributed by atoms with Crippen molar-refractivity contribution in [3.63, 3.8) is 0 Å². The van der Waals surface area contributed by atoms with Gasteiger partial charge in [-0.15, -0.1) is 0 Å². The Labute approximate surface area is 123 Å². The molecular weight excluding hydrogens is 250 g/mol. The summed E-state index contributed by atoms with van der Waals surface area (Å²) < 4.78 is 5.34. The molecule has 0 spiro atoms. The van der Waals surface area contributed by atoms with Gasteiger partial charge in [0.25, 0.3) is 0 Å². The van der Waals surface area contributed by atoms with Crippen molar-refractivity contribution in [1.82, 2.24) is 10.2 Å². The first-order valence-corrected chi connectivity index (χ1v) is 8.08. The first-order chi connectivity index (χ1) is 9.79. The number of nitrogens with one attached hydrogen (secondary N) is 1. The van der Waals surface area contributed by atoms with Crippen LogP contribution in [0.25, 0.3) is 0 Å². The predicted molar refractivity (Wildman–Crippen MR) is 84.1 cm³/mol. The molecule has 1 unspecified atom stereocenters. The maximum absolute atomic E-state index is 5.34. The number of hydrogen-bond donors (Lipinski definition) is 1. The third kappa shape index (κ3) is 4.82. The maximum Gasteiger partial charge on any atom is 0.193 e. The van der Waals surface area contributed by atoms with Gasteiger partial charge in [-0.3, -0.25) is 4.99 Å². The number of ether oxygens (including phenoxy) is 1. The Balaban J connectivity index is 1.86. The highest BCUT2D eigenvalue weighted by Gasteiger charge is 2.18. The number of nitrogens with zero attached hydrogens (tertiary/aromatic N) is 2. The number of aliphatic imine (C=N–C) groups is 1. The van der Waals surface area contributed by atoms with E-state index in [1.807, 2.05) is 0 Å². The number of likely N-dealkylation sites (tertiary alicyclic amines) is 1. The molecule has 1 atom stereocenters. The van der Waals surface area contributed by atoms with Gasteiger partial charge in [0.05, 0.1) is 13.2 Å². The first kappa shape index (κ1) is 15.4. The molecule has 1 saturated heterocycles. The lowest BCUT2D eigenvalue weighted by Crippen LogP contribution is -2.46. The van der Waals surface area contributed by atoms with Gasteiger partial charge in [-0.25, -0.2) is 0 Å². The van der Waals surface area contributed by atoms with Gasteiger partial charge >= 0.3 is 0 Å². The van der Waals surface area contributed by atoms with E-state index in [0.29, 0.717) is 0 Å². The Morgan fingerprint density at radius 2 is 2.45 bits per heavy atom. The van der Waals surface area contributed by atoms with Gasteiger partial charge in [-0.2, -0.15) is 0 Å². The molecule has 0 aromatic rings. The molecule has 0 aromatic heterocycles. The molecule has 0 amide bonds. The van der Waals surface area contributed by atoms with Crippen LogP contribution in [0.4, 0.5) is 0 Å². The molecule has 0 aromatic carbocycles. The standard InChI is InChI=1S/C16H29N3O/c1-3-17-16(19-10-4-5-14(2)13-19)18-9-6-15-7-11-20-12-8-15/h7,14H,3-6,8-13H2,1-2H3,(H,17,18). The molecule has 0 aliphatic carbocycles. The van der Waals surface area contributed by atoms with E-state index in [1.54, 1.807) is 0 Å². The topological polar surface area (TPSA) is 36.9 Å². The minimum Gasteiger partial charge on any atom is -0.377 e. The molecule has 0 bridgehead atoms. The van der Waals surface area contributed by atoms with E-state index in [1.165, 1.54) is 18.4 Å². The zero-order valence-electron chi connectivity index (χ0n) is 13.0. The summed E-state index contributed by atoms with van der Waals surface area (Å²) in [6.45, 7) is 10.3. The quantitative estimate of drug-likeness (QED) is 0.488. The normalized spacial score (nSPS) is 24.5. The lowest BCUT2D eigenvalue weighted by molar-refractivity contribution is 0.153. The molecule has 1 fully saturated rings. The Hall–Kier alpha value is -1.03. The van der Waals surface area contributed by atoms with E-state index in [0.717, 1.165) is 64.1 Å². The van der Waals surface area contributed by atoms with E-state index in [-0.39, 0.29) is 0 Å². The molecule has 2 aliphatic rings. The van der Waals surface area contributed by atoms with Crippen LogP contribution in [0.2, 0.25) is 0 Å². The number of guanidine groups is 1. The van der Waals surface area contributed by atoms with Crippen molar-refractivity contribution in [2.75, 3.05) is 39.4 Å². The predicted octanol–water partition coefficient (Wildman–Crippen LogP) is 2.42. The van der Waals surface area contributed by atoms with Crippen LogP contribution in [0.5, 0.6) is 0 Å².